The second kappa shape index (κ2) is 6.84. The third-order valence-corrected chi connectivity index (χ3v) is 4.65. The van der Waals surface area contributed by atoms with Crippen molar-refractivity contribution in [3.63, 3.8) is 0 Å². The molecule has 0 aromatic rings. The zero-order valence-electron chi connectivity index (χ0n) is 10.1. The minimum atomic E-state index is -0.00537. The van der Waals surface area contributed by atoms with Crippen LogP contribution in [0.2, 0.25) is 0 Å². The fraction of sp³-hybridized carbons (Fsp3) is 1.00. The van der Waals surface area contributed by atoms with Crippen LogP contribution in [0.3, 0.4) is 0 Å². The maximum Gasteiger partial charge on any atom is 0.170 e. The molecule has 0 aromatic carbocycles. The SMILES string of the molecule is CCS[C@H]1CCCC[C@@H]1NCC1OCCO1. The van der Waals surface area contributed by atoms with E-state index in [9.17, 15) is 0 Å². The highest BCUT2D eigenvalue weighted by atomic mass is 32.2. The molecular formula is C12H23NO2S. The van der Waals surface area contributed by atoms with Gasteiger partial charge in [0, 0.05) is 17.8 Å². The van der Waals surface area contributed by atoms with Gasteiger partial charge in [0.05, 0.1) is 13.2 Å². The van der Waals surface area contributed by atoms with Crippen molar-refractivity contribution in [3.05, 3.63) is 0 Å². The van der Waals surface area contributed by atoms with Crippen molar-refractivity contribution < 1.29 is 9.47 Å². The molecule has 1 N–H and O–H groups in total. The Morgan fingerprint density at radius 2 is 1.94 bits per heavy atom. The quantitative estimate of drug-likeness (QED) is 0.802. The zero-order valence-corrected chi connectivity index (χ0v) is 10.9. The summed E-state index contributed by atoms with van der Waals surface area (Å²) in [7, 11) is 0. The standard InChI is InChI=1S/C12H23NO2S/c1-2-16-11-6-4-3-5-10(11)13-9-12-14-7-8-15-12/h10-13H,2-9H2,1H3/t10-,11-/m0/s1. The van der Waals surface area contributed by atoms with Gasteiger partial charge in [-0.15, -0.1) is 0 Å². The minimum absolute atomic E-state index is 0.00537. The molecule has 2 aliphatic rings. The summed E-state index contributed by atoms with van der Waals surface area (Å²) in [6.45, 7) is 4.61. The Labute approximate surface area is 103 Å². The van der Waals surface area contributed by atoms with E-state index in [0.29, 0.717) is 6.04 Å². The van der Waals surface area contributed by atoms with E-state index in [-0.39, 0.29) is 6.29 Å². The third-order valence-electron chi connectivity index (χ3n) is 3.32. The molecule has 1 aliphatic carbocycles. The summed E-state index contributed by atoms with van der Waals surface area (Å²) in [6.07, 6.45) is 5.43. The average molecular weight is 245 g/mol. The van der Waals surface area contributed by atoms with Gasteiger partial charge in [-0.1, -0.05) is 19.8 Å². The predicted molar refractivity (Wildman–Crippen MR) is 67.9 cm³/mol. The molecule has 0 radical (unpaired) electrons. The monoisotopic (exact) mass is 245 g/mol. The Morgan fingerprint density at radius 3 is 2.69 bits per heavy atom. The van der Waals surface area contributed by atoms with Crippen LogP contribution in [0, 0.1) is 0 Å². The summed E-state index contributed by atoms with van der Waals surface area (Å²) in [4.78, 5) is 0. The van der Waals surface area contributed by atoms with Crippen molar-refractivity contribution in [2.24, 2.45) is 0 Å². The Kier molecular flexibility index (Phi) is 5.42. The van der Waals surface area contributed by atoms with Crippen LogP contribution in [-0.4, -0.2) is 43.1 Å². The van der Waals surface area contributed by atoms with E-state index in [1.54, 1.807) is 0 Å². The van der Waals surface area contributed by atoms with Crippen molar-refractivity contribution in [1.82, 2.24) is 5.32 Å². The number of hydrogen-bond donors (Lipinski definition) is 1. The summed E-state index contributed by atoms with van der Waals surface area (Å²) in [5.41, 5.74) is 0. The highest BCUT2D eigenvalue weighted by molar-refractivity contribution is 7.99. The van der Waals surface area contributed by atoms with Crippen LogP contribution in [-0.2, 0) is 9.47 Å². The molecule has 0 bridgehead atoms. The van der Waals surface area contributed by atoms with E-state index in [2.05, 4.69) is 24.0 Å². The topological polar surface area (TPSA) is 30.5 Å². The van der Waals surface area contributed by atoms with Crippen molar-refractivity contribution in [2.75, 3.05) is 25.5 Å². The van der Waals surface area contributed by atoms with Gasteiger partial charge in [-0.3, -0.25) is 0 Å². The number of nitrogens with one attached hydrogen (secondary N) is 1. The minimum Gasteiger partial charge on any atom is -0.349 e. The first kappa shape index (κ1) is 12.7. The van der Waals surface area contributed by atoms with Crippen LogP contribution in [0.5, 0.6) is 0 Å². The lowest BCUT2D eigenvalue weighted by atomic mass is 9.95. The highest BCUT2D eigenvalue weighted by Crippen LogP contribution is 2.28. The van der Waals surface area contributed by atoms with Crippen LogP contribution in [0.1, 0.15) is 32.6 Å². The lowest BCUT2D eigenvalue weighted by molar-refractivity contribution is -0.0410. The number of rotatable bonds is 5. The smallest absolute Gasteiger partial charge is 0.170 e. The molecule has 94 valence electrons. The summed E-state index contributed by atoms with van der Waals surface area (Å²) in [6, 6.07) is 0.659. The molecule has 1 heterocycles. The van der Waals surface area contributed by atoms with Crippen molar-refractivity contribution >= 4 is 11.8 Å². The van der Waals surface area contributed by atoms with Crippen molar-refractivity contribution in [1.29, 1.82) is 0 Å². The van der Waals surface area contributed by atoms with Gasteiger partial charge >= 0.3 is 0 Å². The summed E-state index contributed by atoms with van der Waals surface area (Å²) < 4.78 is 10.9. The maximum atomic E-state index is 5.45. The molecule has 1 saturated heterocycles. The van der Waals surface area contributed by atoms with E-state index in [4.69, 9.17) is 9.47 Å². The molecule has 4 heteroatoms. The zero-order chi connectivity index (χ0) is 11.2. The molecule has 0 aromatic heterocycles. The van der Waals surface area contributed by atoms with E-state index in [1.807, 2.05) is 0 Å². The molecule has 0 spiro atoms. The van der Waals surface area contributed by atoms with Crippen LogP contribution < -0.4 is 5.32 Å². The van der Waals surface area contributed by atoms with E-state index < -0.39 is 0 Å². The van der Waals surface area contributed by atoms with Gasteiger partial charge in [0.1, 0.15) is 0 Å². The van der Waals surface area contributed by atoms with Crippen LogP contribution >= 0.6 is 11.8 Å². The van der Waals surface area contributed by atoms with Gasteiger partial charge in [0.2, 0.25) is 0 Å². The van der Waals surface area contributed by atoms with Gasteiger partial charge < -0.3 is 14.8 Å². The molecule has 3 nitrogen and oxygen atoms in total. The summed E-state index contributed by atoms with van der Waals surface area (Å²) in [5.74, 6) is 1.22. The predicted octanol–water partition coefficient (Wildman–Crippen LogP) is 2.01. The van der Waals surface area contributed by atoms with Crippen molar-refractivity contribution in [3.8, 4) is 0 Å². The van der Waals surface area contributed by atoms with Gasteiger partial charge in [-0.05, 0) is 18.6 Å². The van der Waals surface area contributed by atoms with Gasteiger partial charge in [-0.2, -0.15) is 11.8 Å². The fourth-order valence-electron chi connectivity index (χ4n) is 2.52. The first-order chi connectivity index (χ1) is 7.90. The van der Waals surface area contributed by atoms with Crippen LogP contribution in [0.25, 0.3) is 0 Å². The first-order valence-corrected chi connectivity index (χ1v) is 7.53. The maximum absolute atomic E-state index is 5.45. The second-order valence-electron chi connectivity index (χ2n) is 4.46. The molecule has 2 fully saturated rings. The van der Waals surface area contributed by atoms with Crippen molar-refractivity contribution in [2.45, 2.75) is 50.2 Å². The Morgan fingerprint density at radius 1 is 1.19 bits per heavy atom. The molecule has 0 amide bonds. The Bertz CT molecular complexity index is 195. The lowest BCUT2D eigenvalue weighted by Gasteiger charge is -2.32. The molecule has 0 unspecified atom stereocenters. The fourth-order valence-corrected chi connectivity index (χ4v) is 3.74. The molecule has 16 heavy (non-hydrogen) atoms. The van der Waals surface area contributed by atoms with Crippen LogP contribution in [0.15, 0.2) is 0 Å². The van der Waals surface area contributed by atoms with E-state index in [1.165, 1.54) is 31.4 Å². The lowest BCUT2D eigenvalue weighted by Crippen LogP contribution is -2.44. The number of ether oxygens (including phenoxy) is 2. The molecule has 2 atom stereocenters. The Balaban J connectivity index is 1.72. The van der Waals surface area contributed by atoms with Crippen LogP contribution in [0.4, 0.5) is 0 Å². The molecule has 1 saturated carbocycles. The van der Waals surface area contributed by atoms with Gasteiger partial charge in [0.25, 0.3) is 0 Å². The van der Waals surface area contributed by atoms with E-state index >= 15 is 0 Å². The third kappa shape index (κ3) is 3.62. The molecular weight excluding hydrogens is 222 g/mol. The largest absolute Gasteiger partial charge is 0.349 e. The molecule has 2 rings (SSSR count). The summed E-state index contributed by atoms with van der Waals surface area (Å²) >= 11 is 2.10. The Hall–Kier alpha value is 0.230. The molecule has 1 aliphatic heterocycles. The normalized spacial score (nSPS) is 32.1. The van der Waals surface area contributed by atoms with Gasteiger partial charge in [-0.25, -0.2) is 0 Å². The number of hydrogen-bond acceptors (Lipinski definition) is 4. The van der Waals surface area contributed by atoms with E-state index in [0.717, 1.165) is 25.0 Å². The summed E-state index contributed by atoms with van der Waals surface area (Å²) in [5, 5.41) is 4.42. The first-order valence-electron chi connectivity index (χ1n) is 6.48. The number of thioether (sulfide) groups is 1. The second-order valence-corrected chi connectivity index (χ2v) is 5.98. The van der Waals surface area contributed by atoms with Gasteiger partial charge in [0.15, 0.2) is 6.29 Å². The average Bonchev–Trinajstić information content (AvgIpc) is 2.81. The highest BCUT2D eigenvalue weighted by Gasteiger charge is 2.26.